The molecule has 4 rings (SSSR count). The van der Waals surface area contributed by atoms with Crippen LogP contribution >= 0.6 is 0 Å². The van der Waals surface area contributed by atoms with Crippen molar-refractivity contribution in [2.75, 3.05) is 33.0 Å². The van der Waals surface area contributed by atoms with Gasteiger partial charge in [0.1, 0.15) is 0 Å². The highest BCUT2D eigenvalue weighted by Gasteiger charge is 2.39. The van der Waals surface area contributed by atoms with Crippen LogP contribution in [-0.2, 0) is 16.6 Å². The van der Waals surface area contributed by atoms with Gasteiger partial charge in [-0.1, -0.05) is 13.0 Å². The van der Waals surface area contributed by atoms with Crippen LogP contribution in [0.1, 0.15) is 38.2 Å². The molecule has 1 aromatic rings. The fourth-order valence-electron chi connectivity index (χ4n) is 4.23. The van der Waals surface area contributed by atoms with Gasteiger partial charge in [-0.3, -0.25) is 0 Å². The van der Waals surface area contributed by atoms with Crippen molar-refractivity contribution in [1.29, 1.82) is 0 Å². The molecule has 6 nitrogen and oxygen atoms in total. The van der Waals surface area contributed by atoms with Crippen molar-refractivity contribution in [2.24, 2.45) is 5.41 Å². The number of piperidine rings is 1. The van der Waals surface area contributed by atoms with Gasteiger partial charge in [0.2, 0.25) is 6.79 Å². The predicted octanol–water partition coefficient (Wildman–Crippen LogP) is 2.40. The van der Waals surface area contributed by atoms with Gasteiger partial charge in [0.15, 0.2) is 11.5 Å². The zero-order valence-corrected chi connectivity index (χ0v) is 15.6. The Kier molecular flexibility index (Phi) is 4.42. The summed E-state index contributed by atoms with van der Waals surface area (Å²) in [4.78, 5) is 0. The van der Waals surface area contributed by atoms with E-state index < -0.39 is 10.2 Å². The number of ether oxygens (including phenoxy) is 2. The lowest BCUT2D eigenvalue weighted by molar-refractivity contribution is 0.159. The molecule has 0 N–H and O–H groups in total. The predicted molar refractivity (Wildman–Crippen MR) is 94.9 cm³/mol. The molecule has 0 aromatic heterocycles. The van der Waals surface area contributed by atoms with Crippen LogP contribution in [-0.4, -0.2) is 50.0 Å². The first-order chi connectivity index (χ1) is 12.0. The molecule has 3 heterocycles. The fourth-order valence-corrected chi connectivity index (χ4v) is 6.11. The Bertz CT molecular complexity index is 745. The molecule has 0 amide bonds. The fraction of sp³-hybridized carbons (Fsp3) is 0.667. The first-order valence-electron chi connectivity index (χ1n) is 9.10. The van der Waals surface area contributed by atoms with E-state index in [1.165, 1.54) is 5.56 Å². The van der Waals surface area contributed by atoms with E-state index in [0.717, 1.165) is 43.6 Å². The van der Waals surface area contributed by atoms with Crippen LogP contribution in [0.15, 0.2) is 18.2 Å². The monoisotopic (exact) mass is 366 g/mol. The van der Waals surface area contributed by atoms with E-state index in [9.17, 15) is 8.42 Å². The summed E-state index contributed by atoms with van der Waals surface area (Å²) in [6, 6.07) is 6.04. The van der Waals surface area contributed by atoms with Crippen LogP contribution in [0.4, 0.5) is 0 Å². The molecular weight excluding hydrogens is 340 g/mol. The number of nitrogens with zero attached hydrogens (tertiary/aromatic N) is 2. The Labute approximate surface area is 149 Å². The number of fused-ring (bicyclic) bond motifs is 1. The van der Waals surface area contributed by atoms with Gasteiger partial charge >= 0.3 is 0 Å². The van der Waals surface area contributed by atoms with Crippen LogP contribution in [0.25, 0.3) is 0 Å². The Morgan fingerprint density at radius 3 is 2.56 bits per heavy atom. The third kappa shape index (κ3) is 3.37. The number of hydrogen-bond donors (Lipinski definition) is 0. The summed E-state index contributed by atoms with van der Waals surface area (Å²) in [5, 5.41) is 0. The van der Waals surface area contributed by atoms with Crippen molar-refractivity contribution >= 4 is 10.2 Å². The minimum atomic E-state index is -3.31. The Hall–Kier alpha value is -1.31. The smallest absolute Gasteiger partial charge is 0.281 e. The van der Waals surface area contributed by atoms with E-state index in [1.54, 1.807) is 8.61 Å². The largest absolute Gasteiger partial charge is 0.454 e. The topological polar surface area (TPSA) is 59.1 Å². The average Bonchev–Trinajstić information content (AvgIpc) is 3.26. The molecule has 138 valence electrons. The van der Waals surface area contributed by atoms with Gasteiger partial charge in [-0.05, 0) is 55.2 Å². The molecule has 0 unspecified atom stereocenters. The molecule has 0 spiro atoms. The first kappa shape index (κ1) is 17.1. The van der Waals surface area contributed by atoms with Gasteiger partial charge in [-0.2, -0.15) is 17.0 Å². The maximum absolute atomic E-state index is 12.9. The standard InChI is InChI=1S/C18H26N2O4S/c1-18(12-15-5-6-16-17(11-15)24-14-23-16)7-4-10-20(13-18)25(21,22)19-8-2-3-9-19/h5-6,11H,2-4,7-10,12-14H2,1H3/t18-/m1/s1. The third-order valence-corrected chi connectivity index (χ3v) is 7.51. The van der Waals surface area contributed by atoms with Crippen LogP contribution in [0.5, 0.6) is 11.5 Å². The molecule has 0 saturated carbocycles. The summed E-state index contributed by atoms with van der Waals surface area (Å²) in [6.45, 7) is 5.02. The zero-order chi connectivity index (χ0) is 17.5. The van der Waals surface area contributed by atoms with Crippen molar-refractivity contribution in [1.82, 2.24) is 8.61 Å². The number of hydrogen-bond acceptors (Lipinski definition) is 4. The van der Waals surface area contributed by atoms with Crippen molar-refractivity contribution in [3.8, 4) is 11.5 Å². The van der Waals surface area contributed by atoms with Crippen LogP contribution in [0.2, 0.25) is 0 Å². The lowest BCUT2D eigenvalue weighted by Gasteiger charge is -2.41. The minimum absolute atomic E-state index is 0.0568. The minimum Gasteiger partial charge on any atom is -0.454 e. The molecule has 2 fully saturated rings. The number of rotatable bonds is 4. The first-order valence-corrected chi connectivity index (χ1v) is 10.5. The van der Waals surface area contributed by atoms with Crippen LogP contribution in [0.3, 0.4) is 0 Å². The molecule has 1 atom stereocenters. The van der Waals surface area contributed by atoms with Crippen LogP contribution in [0, 0.1) is 5.41 Å². The lowest BCUT2D eigenvalue weighted by Crippen LogP contribution is -2.50. The second kappa shape index (κ2) is 6.45. The normalized spacial score (nSPS) is 27.7. The number of benzene rings is 1. The van der Waals surface area contributed by atoms with E-state index in [1.807, 2.05) is 12.1 Å². The summed E-state index contributed by atoms with van der Waals surface area (Å²) in [5.41, 5.74) is 1.12. The second-order valence-electron chi connectivity index (χ2n) is 7.73. The van der Waals surface area contributed by atoms with E-state index in [-0.39, 0.29) is 12.2 Å². The SMILES string of the molecule is C[C@]1(Cc2ccc3c(c2)OCO3)CCCN(S(=O)(=O)N2CCCC2)C1. The molecule has 0 bridgehead atoms. The maximum Gasteiger partial charge on any atom is 0.281 e. The van der Waals surface area contributed by atoms with E-state index in [2.05, 4.69) is 13.0 Å². The Balaban J connectivity index is 1.49. The molecule has 2 saturated heterocycles. The highest BCUT2D eigenvalue weighted by molar-refractivity contribution is 7.86. The van der Waals surface area contributed by atoms with Gasteiger partial charge in [-0.25, -0.2) is 0 Å². The van der Waals surface area contributed by atoms with Crippen molar-refractivity contribution < 1.29 is 17.9 Å². The molecular formula is C18H26N2O4S. The molecule has 1 aromatic carbocycles. The Morgan fingerprint density at radius 1 is 1.04 bits per heavy atom. The summed E-state index contributed by atoms with van der Waals surface area (Å²) in [7, 11) is -3.31. The summed E-state index contributed by atoms with van der Waals surface area (Å²) < 4.78 is 40.0. The molecule has 25 heavy (non-hydrogen) atoms. The van der Waals surface area contributed by atoms with Crippen molar-refractivity contribution in [2.45, 2.75) is 39.0 Å². The van der Waals surface area contributed by atoms with Gasteiger partial charge in [0, 0.05) is 26.2 Å². The summed E-state index contributed by atoms with van der Waals surface area (Å²) in [5.74, 6) is 1.58. The molecule has 3 aliphatic heterocycles. The van der Waals surface area contributed by atoms with Gasteiger partial charge in [0.25, 0.3) is 10.2 Å². The molecule has 0 aliphatic carbocycles. The lowest BCUT2D eigenvalue weighted by atomic mass is 9.77. The van der Waals surface area contributed by atoms with E-state index in [0.29, 0.717) is 26.2 Å². The van der Waals surface area contributed by atoms with Gasteiger partial charge < -0.3 is 9.47 Å². The van der Waals surface area contributed by atoms with Gasteiger partial charge in [0.05, 0.1) is 0 Å². The van der Waals surface area contributed by atoms with Gasteiger partial charge in [-0.15, -0.1) is 0 Å². The quantitative estimate of drug-likeness (QED) is 0.821. The average molecular weight is 366 g/mol. The molecule has 3 aliphatic rings. The summed E-state index contributed by atoms with van der Waals surface area (Å²) in [6.07, 6.45) is 4.74. The van der Waals surface area contributed by atoms with Crippen molar-refractivity contribution in [3.05, 3.63) is 23.8 Å². The summed E-state index contributed by atoms with van der Waals surface area (Å²) >= 11 is 0. The zero-order valence-electron chi connectivity index (χ0n) is 14.7. The Morgan fingerprint density at radius 2 is 1.76 bits per heavy atom. The highest BCUT2D eigenvalue weighted by atomic mass is 32.2. The van der Waals surface area contributed by atoms with Crippen molar-refractivity contribution in [3.63, 3.8) is 0 Å². The molecule has 7 heteroatoms. The van der Waals surface area contributed by atoms with E-state index in [4.69, 9.17) is 9.47 Å². The molecule has 0 radical (unpaired) electrons. The second-order valence-corrected chi connectivity index (χ2v) is 9.65. The third-order valence-electron chi connectivity index (χ3n) is 5.53. The maximum atomic E-state index is 12.9. The highest BCUT2D eigenvalue weighted by Crippen LogP contribution is 2.38. The van der Waals surface area contributed by atoms with Crippen LogP contribution < -0.4 is 9.47 Å². The van der Waals surface area contributed by atoms with E-state index >= 15 is 0 Å².